The fraction of sp³-hybridized carbons (Fsp3) is 0.188. The number of nitrogens with one attached hydrogen (secondary N) is 1. The van der Waals surface area contributed by atoms with E-state index in [0.717, 1.165) is 0 Å². The maximum atomic E-state index is 12.5. The fourth-order valence-electron chi connectivity index (χ4n) is 2.10. The van der Waals surface area contributed by atoms with Gasteiger partial charge in [-0.1, -0.05) is 6.08 Å². The molecule has 1 heterocycles. The van der Waals surface area contributed by atoms with Crippen molar-refractivity contribution in [2.45, 2.75) is 6.92 Å². The van der Waals surface area contributed by atoms with Crippen molar-refractivity contribution < 1.29 is 14.3 Å². The molecular weight excluding hydrogens is 460 g/mol. The Labute approximate surface area is 162 Å². The second kappa shape index (κ2) is 8.04. The topological polar surface area (TPSA) is 58.6 Å². The molecule has 0 spiro atoms. The molecule has 0 atom stereocenters. The molecule has 24 heavy (non-hydrogen) atoms. The van der Waals surface area contributed by atoms with Crippen molar-refractivity contribution in [3.8, 4) is 5.75 Å². The van der Waals surface area contributed by atoms with E-state index in [-0.39, 0.29) is 17.2 Å². The number of rotatable bonds is 5. The number of hydrogen-bond donors (Lipinski definition) is 1. The zero-order valence-corrected chi connectivity index (χ0v) is 16.8. The van der Waals surface area contributed by atoms with Gasteiger partial charge in [-0.25, -0.2) is 0 Å². The number of halogens is 2. The molecule has 5 nitrogen and oxygen atoms in total. The Bertz CT molecular complexity index is 739. The van der Waals surface area contributed by atoms with Crippen molar-refractivity contribution in [1.82, 2.24) is 10.2 Å². The zero-order chi connectivity index (χ0) is 17.9. The highest BCUT2D eigenvalue weighted by atomic mass is 79.9. The van der Waals surface area contributed by atoms with Gasteiger partial charge in [-0.3, -0.25) is 19.8 Å². The number of carbonyl (C=O) groups is 2. The average molecular weight is 474 g/mol. The Kier molecular flexibility index (Phi) is 6.31. The Balaban J connectivity index is 2.42. The molecule has 1 N–H and O–H groups in total. The summed E-state index contributed by atoms with van der Waals surface area (Å²) in [5.74, 6) is -0.315. The molecular formula is C16H14Br2N2O3S. The van der Waals surface area contributed by atoms with Gasteiger partial charge in [0.2, 0.25) is 0 Å². The summed E-state index contributed by atoms with van der Waals surface area (Å²) in [4.78, 5) is 25.9. The van der Waals surface area contributed by atoms with Gasteiger partial charge in [0.15, 0.2) is 5.11 Å². The van der Waals surface area contributed by atoms with Crippen LogP contribution in [0.15, 0.2) is 39.3 Å². The first-order valence-electron chi connectivity index (χ1n) is 7.00. The molecule has 0 saturated carbocycles. The number of carbonyl (C=O) groups excluding carboxylic acids is 2. The maximum Gasteiger partial charge on any atom is 0.265 e. The van der Waals surface area contributed by atoms with Crippen molar-refractivity contribution >= 4 is 67.1 Å². The van der Waals surface area contributed by atoms with Crippen LogP contribution >= 0.6 is 44.1 Å². The van der Waals surface area contributed by atoms with Gasteiger partial charge >= 0.3 is 0 Å². The predicted molar refractivity (Wildman–Crippen MR) is 104 cm³/mol. The second-order valence-electron chi connectivity index (χ2n) is 4.77. The van der Waals surface area contributed by atoms with Crippen LogP contribution in [0, 0.1) is 0 Å². The summed E-state index contributed by atoms with van der Waals surface area (Å²) in [5.41, 5.74) is 0.676. The number of amides is 2. The van der Waals surface area contributed by atoms with Crippen LogP contribution in [-0.2, 0) is 9.59 Å². The maximum absolute atomic E-state index is 12.5. The molecule has 0 aliphatic carbocycles. The molecule has 1 aliphatic heterocycles. The fourth-order valence-corrected chi connectivity index (χ4v) is 3.80. The van der Waals surface area contributed by atoms with E-state index in [0.29, 0.717) is 26.9 Å². The summed E-state index contributed by atoms with van der Waals surface area (Å²) in [5, 5.41) is 2.59. The molecule has 1 fully saturated rings. The SMILES string of the molecule is C=CCN1C(=O)/C(=C/c2cc(Br)c(OCC)c(Br)c2)C(=O)NC1=S. The van der Waals surface area contributed by atoms with E-state index < -0.39 is 11.8 Å². The monoisotopic (exact) mass is 472 g/mol. The minimum Gasteiger partial charge on any atom is -0.492 e. The molecule has 1 saturated heterocycles. The first-order chi connectivity index (χ1) is 11.4. The van der Waals surface area contributed by atoms with Crippen LogP contribution < -0.4 is 10.1 Å². The minimum atomic E-state index is -0.522. The van der Waals surface area contributed by atoms with Gasteiger partial charge in [-0.2, -0.15) is 0 Å². The lowest BCUT2D eigenvalue weighted by Gasteiger charge is -2.27. The van der Waals surface area contributed by atoms with Crippen LogP contribution in [0.5, 0.6) is 5.75 Å². The first kappa shape index (κ1) is 18.8. The molecule has 0 bridgehead atoms. The molecule has 1 aromatic rings. The van der Waals surface area contributed by atoms with E-state index in [1.807, 2.05) is 6.92 Å². The van der Waals surface area contributed by atoms with Crippen molar-refractivity contribution in [1.29, 1.82) is 0 Å². The molecule has 0 radical (unpaired) electrons. The van der Waals surface area contributed by atoms with E-state index >= 15 is 0 Å². The highest BCUT2D eigenvalue weighted by Crippen LogP contribution is 2.35. The van der Waals surface area contributed by atoms with Crippen LogP contribution in [0.3, 0.4) is 0 Å². The van der Waals surface area contributed by atoms with Gasteiger partial charge in [-0.05, 0) is 74.8 Å². The normalized spacial score (nSPS) is 16.4. The lowest BCUT2D eigenvalue weighted by molar-refractivity contribution is -0.128. The van der Waals surface area contributed by atoms with Crippen LogP contribution in [0.25, 0.3) is 6.08 Å². The largest absolute Gasteiger partial charge is 0.492 e. The molecule has 1 aliphatic rings. The van der Waals surface area contributed by atoms with Crippen LogP contribution in [0.4, 0.5) is 0 Å². The van der Waals surface area contributed by atoms with Gasteiger partial charge in [0.1, 0.15) is 11.3 Å². The summed E-state index contributed by atoms with van der Waals surface area (Å²) in [6.45, 7) is 6.22. The van der Waals surface area contributed by atoms with Crippen molar-refractivity contribution in [3.05, 3.63) is 44.9 Å². The van der Waals surface area contributed by atoms with Crippen LogP contribution in [0.2, 0.25) is 0 Å². The molecule has 8 heteroatoms. The molecule has 126 valence electrons. The Hall–Kier alpha value is -1.51. The standard InChI is InChI=1S/C16H14Br2N2O3S/c1-3-5-20-15(22)10(14(21)19-16(20)24)6-9-7-11(17)13(23-4-2)12(18)8-9/h3,6-8H,1,4-5H2,2H3,(H,19,21,24)/b10-6+. The lowest BCUT2D eigenvalue weighted by atomic mass is 10.1. The third-order valence-electron chi connectivity index (χ3n) is 3.12. The summed E-state index contributed by atoms with van der Waals surface area (Å²) < 4.78 is 6.95. The molecule has 1 aromatic carbocycles. The Morgan fingerprint density at radius 2 is 1.96 bits per heavy atom. The van der Waals surface area contributed by atoms with Gasteiger partial charge in [0, 0.05) is 6.54 Å². The van der Waals surface area contributed by atoms with E-state index in [1.165, 1.54) is 11.0 Å². The van der Waals surface area contributed by atoms with Crippen molar-refractivity contribution in [3.63, 3.8) is 0 Å². The van der Waals surface area contributed by atoms with Crippen molar-refractivity contribution in [2.75, 3.05) is 13.2 Å². The highest BCUT2D eigenvalue weighted by molar-refractivity contribution is 9.11. The molecule has 0 unspecified atom stereocenters. The van der Waals surface area contributed by atoms with Gasteiger partial charge in [0.25, 0.3) is 11.8 Å². The number of ether oxygens (including phenoxy) is 1. The number of nitrogens with zero attached hydrogens (tertiary/aromatic N) is 1. The smallest absolute Gasteiger partial charge is 0.265 e. The molecule has 2 amide bonds. The van der Waals surface area contributed by atoms with E-state index in [2.05, 4.69) is 43.8 Å². The quantitative estimate of drug-likeness (QED) is 0.308. The Morgan fingerprint density at radius 1 is 1.33 bits per heavy atom. The third-order valence-corrected chi connectivity index (χ3v) is 4.62. The summed E-state index contributed by atoms with van der Waals surface area (Å²) in [7, 11) is 0. The van der Waals surface area contributed by atoms with E-state index in [1.54, 1.807) is 18.2 Å². The predicted octanol–water partition coefficient (Wildman–Crippen LogP) is 3.42. The van der Waals surface area contributed by atoms with Crippen LogP contribution in [-0.4, -0.2) is 35.0 Å². The number of hydrogen-bond acceptors (Lipinski definition) is 4. The summed E-state index contributed by atoms with van der Waals surface area (Å²) in [6, 6.07) is 3.54. The van der Waals surface area contributed by atoms with E-state index in [4.69, 9.17) is 17.0 Å². The van der Waals surface area contributed by atoms with Gasteiger partial charge in [-0.15, -0.1) is 6.58 Å². The lowest BCUT2D eigenvalue weighted by Crippen LogP contribution is -2.53. The Morgan fingerprint density at radius 3 is 2.50 bits per heavy atom. The average Bonchev–Trinajstić information content (AvgIpc) is 2.51. The summed E-state index contributed by atoms with van der Waals surface area (Å²) in [6.07, 6.45) is 3.06. The second-order valence-corrected chi connectivity index (χ2v) is 6.86. The highest BCUT2D eigenvalue weighted by Gasteiger charge is 2.32. The number of thiocarbonyl (C=S) groups is 1. The minimum absolute atomic E-state index is 0.00779. The van der Waals surface area contributed by atoms with E-state index in [9.17, 15) is 9.59 Å². The zero-order valence-electron chi connectivity index (χ0n) is 12.8. The number of benzene rings is 1. The first-order valence-corrected chi connectivity index (χ1v) is 9.00. The molecule has 0 aromatic heterocycles. The molecule has 2 rings (SSSR count). The van der Waals surface area contributed by atoms with Gasteiger partial charge in [0.05, 0.1) is 15.6 Å². The van der Waals surface area contributed by atoms with Gasteiger partial charge < -0.3 is 4.74 Å². The van der Waals surface area contributed by atoms with Crippen LogP contribution in [0.1, 0.15) is 12.5 Å². The van der Waals surface area contributed by atoms with Crippen molar-refractivity contribution in [2.24, 2.45) is 0 Å². The summed E-state index contributed by atoms with van der Waals surface area (Å²) >= 11 is 11.9. The third kappa shape index (κ3) is 3.93.